The highest BCUT2D eigenvalue weighted by molar-refractivity contribution is 5.79. The maximum Gasteiger partial charge on any atom is 0.254 e. The first-order valence-corrected chi connectivity index (χ1v) is 7.78. The minimum Gasteiger partial charge on any atom is -0.346 e. The third-order valence-corrected chi connectivity index (χ3v) is 4.22. The van der Waals surface area contributed by atoms with Crippen molar-refractivity contribution in [2.75, 3.05) is 0 Å². The lowest BCUT2D eigenvalue weighted by Crippen LogP contribution is -2.34. The number of rotatable bonds is 5. The van der Waals surface area contributed by atoms with Gasteiger partial charge in [-0.2, -0.15) is 0 Å². The summed E-state index contributed by atoms with van der Waals surface area (Å²) in [6.07, 6.45) is 5.81. The SMILES string of the molecule is Cc1nc(C)c(CC(=O)NC(c2nccn2C)C2CC2)c(=O)[nH]1. The summed E-state index contributed by atoms with van der Waals surface area (Å²) in [6.45, 7) is 3.48. The van der Waals surface area contributed by atoms with E-state index >= 15 is 0 Å². The molecule has 0 spiro atoms. The maximum absolute atomic E-state index is 12.4. The van der Waals surface area contributed by atoms with E-state index in [0.717, 1.165) is 18.7 Å². The Morgan fingerprint density at radius 2 is 2.22 bits per heavy atom. The topological polar surface area (TPSA) is 92.7 Å². The number of H-pyrrole nitrogens is 1. The van der Waals surface area contributed by atoms with E-state index in [1.54, 1.807) is 20.0 Å². The lowest BCUT2D eigenvalue weighted by atomic mass is 10.1. The highest BCUT2D eigenvalue weighted by atomic mass is 16.2. The molecule has 1 amide bonds. The Hall–Kier alpha value is -2.44. The molecule has 1 atom stereocenters. The summed E-state index contributed by atoms with van der Waals surface area (Å²) in [5, 5.41) is 3.04. The van der Waals surface area contributed by atoms with Gasteiger partial charge in [0.1, 0.15) is 11.6 Å². The van der Waals surface area contributed by atoms with Crippen molar-refractivity contribution < 1.29 is 4.79 Å². The Labute approximate surface area is 134 Å². The number of hydrogen-bond donors (Lipinski definition) is 2. The average molecular weight is 315 g/mol. The molecule has 0 aromatic carbocycles. The summed E-state index contributed by atoms with van der Waals surface area (Å²) in [5.74, 6) is 1.66. The first kappa shape index (κ1) is 15.5. The molecule has 1 unspecified atom stereocenters. The summed E-state index contributed by atoms with van der Waals surface area (Å²) in [5.41, 5.74) is 0.772. The van der Waals surface area contributed by atoms with Crippen molar-refractivity contribution in [3.63, 3.8) is 0 Å². The minimum atomic E-state index is -0.245. The Kier molecular flexibility index (Phi) is 4.02. The van der Waals surface area contributed by atoms with E-state index < -0.39 is 0 Å². The second-order valence-corrected chi connectivity index (χ2v) is 6.17. The third-order valence-electron chi connectivity index (χ3n) is 4.22. The van der Waals surface area contributed by atoms with Crippen LogP contribution in [0.3, 0.4) is 0 Å². The Morgan fingerprint density at radius 3 is 2.78 bits per heavy atom. The number of carbonyl (C=O) groups is 1. The largest absolute Gasteiger partial charge is 0.346 e. The summed E-state index contributed by atoms with van der Waals surface area (Å²) in [4.78, 5) is 35.7. The van der Waals surface area contributed by atoms with Gasteiger partial charge in [-0.15, -0.1) is 0 Å². The van der Waals surface area contributed by atoms with Crippen LogP contribution in [-0.4, -0.2) is 25.4 Å². The molecule has 2 aromatic rings. The van der Waals surface area contributed by atoms with E-state index in [1.165, 1.54) is 0 Å². The van der Waals surface area contributed by atoms with Gasteiger partial charge in [0, 0.05) is 30.7 Å². The zero-order valence-electron chi connectivity index (χ0n) is 13.6. The zero-order valence-corrected chi connectivity index (χ0v) is 13.6. The van der Waals surface area contributed by atoms with Crippen LogP contribution < -0.4 is 10.9 Å². The second-order valence-electron chi connectivity index (χ2n) is 6.17. The van der Waals surface area contributed by atoms with E-state index in [2.05, 4.69) is 20.3 Å². The molecule has 7 nitrogen and oxygen atoms in total. The normalized spacial score (nSPS) is 15.4. The minimum absolute atomic E-state index is 0.0299. The molecule has 122 valence electrons. The van der Waals surface area contributed by atoms with Crippen LogP contribution >= 0.6 is 0 Å². The molecule has 23 heavy (non-hydrogen) atoms. The van der Waals surface area contributed by atoms with E-state index in [-0.39, 0.29) is 23.9 Å². The maximum atomic E-state index is 12.4. The van der Waals surface area contributed by atoms with E-state index in [9.17, 15) is 9.59 Å². The van der Waals surface area contributed by atoms with Gasteiger partial charge < -0.3 is 14.9 Å². The first-order chi connectivity index (χ1) is 11.0. The molecule has 0 aliphatic heterocycles. The van der Waals surface area contributed by atoms with E-state index in [4.69, 9.17) is 0 Å². The molecule has 1 saturated carbocycles. The van der Waals surface area contributed by atoms with Crippen LogP contribution in [0.2, 0.25) is 0 Å². The summed E-state index contributed by atoms with van der Waals surface area (Å²) < 4.78 is 1.93. The molecule has 0 saturated heterocycles. The molecule has 1 fully saturated rings. The fraction of sp³-hybridized carbons (Fsp3) is 0.500. The number of nitrogens with zero attached hydrogens (tertiary/aromatic N) is 3. The number of hydrogen-bond acceptors (Lipinski definition) is 4. The van der Waals surface area contributed by atoms with Crippen LogP contribution in [0.1, 0.15) is 41.8 Å². The van der Waals surface area contributed by atoms with Crippen LogP contribution in [0.4, 0.5) is 0 Å². The van der Waals surface area contributed by atoms with E-state index in [1.807, 2.05) is 17.8 Å². The second kappa shape index (κ2) is 5.98. The summed E-state index contributed by atoms with van der Waals surface area (Å²) in [7, 11) is 1.92. The standard InChI is InChI=1S/C16H21N5O2/c1-9-12(16(23)19-10(2)18-9)8-13(22)20-14(11-4-5-11)15-17-6-7-21(15)3/h6-7,11,14H,4-5,8H2,1-3H3,(H,20,22)(H,18,19,23). The molecule has 1 aliphatic carbocycles. The van der Waals surface area contributed by atoms with Gasteiger partial charge in [0.15, 0.2) is 0 Å². The fourth-order valence-electron chi connectivity index (χ4n) is 2.84. The van der Waals surface area contributed by atoms with Gasteiger partial charge in [0.05, 0.1) is 12.5 Å². The molecule has 2 heterocycles. The fourth-order valence-corrected chi connectivity index (χ4v) is 2.84. The molecular formula is C16H21N5O2. The molecule has 0 bridgehead atoms. The van der Waals surface area contributed by atoms with Crippen molar-refractivity contribution in [3.8, 4) is 0 Å². The monoisotopic (exact) mass is 315 g/mol. The molecule has 3 rings (SSSR count). The first-order valence-electron chi connectivity index (χ1n) is 7.78. The van der Waals surface area contributed by atoms with Crippen molar-refractivity contribution in [2.45, 2.75) is 39.2 Å². The molecule has 2 N–H and O–H groups in total. The van der Waals surface area contributed by atoms with Crippen molar-refractivity contribution in [1.82, 2.24) is 24.8 Å². The van der Waals surface area contributed by atoms with Crippen molar-refractivity contribution >= 4 is 5.91 Å². The molecule has 2 aromatic heterocycles. The van der Waals surface area contributed by atoms with Gasteiger partial charge in [0.2, 0.25) is 5.91 Å². The molecule has 7 heteroatoms. The van der Waals surface area contributed by atoms with E-state index in [0.29, 0.717) is 23.0 Å². The van der Waals surface area contributed by atoms with Gasteiger partial charge in [-0.3, -0.25) is 9.59 Å². The number of carbonyl (C=O) groups excluding carboxylic acids is 1. The van der Waals surface area contributed by atoms with Gasteiger partial charge in [-0.1, -0.05) is 0 Å². The summed E-state index contributed by atoms with van der Waals surface area (Å²) >= 11 is 0. The lowest BCUT2D eigenvalue weighted by molar-refractivity contribution is -0.121. The number of aromatic nitrogens is 4. The summed E-state index contributed by atoms with van der Waals surface area (Å²) in [6, 6.07) is -0.0969. The van der Waals surface area contributed by atoms with Gasteiger partial charge >= 0.3 is 0 Å². The van der Waals surface area contributed by atoms with Crippen molar-refractivity contribution in [3.05, 3.63) is 45.7 Å². The quantitative estimate of drug-likeness (QED) is 0.858. The smallest absolute Gasteiger partial charge is 0.254 e. The lowest BCUT2D eigenvalue weighted by Gasteiger charge is -2.18. The van der Waals surface area contributed by atoms with Crippen molar-refractivity contribution in [2.24, 2.45) is 13.0 Å². The Balaban J connectivity index is 1.76. The Bertz CT molecular complexity index is 788. The zero-order chi connectivity index (χ0) is 16.6. The molecular weight excluding hydrogens is 294 g/mol. The van der Waals surface area contributed by atoms with Crippen LogP contribution in [0, 0.1) is 19.8 Å². The molecule has 1 aliphatic rings. The van der Waals surface area contributed by atoms with Crippen molar-refractivity contribution in [1.29, 1.82) is 0 Å². The highest BCUT2D eigenvalue weighted by Gasteiger charge is 2.35. The Morgan fingerprint density at radius 1 is 1.48 bits per heavy atom. The number of imidazole rings is 1. The van der Waals surface area contributed by atoms with Gasteiger partial charge in [-0.25, -0.2) is 9.97 Å². The van der Waals surface area contributed by atoms with Gasteiger partial charge in [-0.05, 0) is 32.6 Å². The van der Waals surface area contributed by atoms with Crippen LogP contribution in [-0.2, 0) is 18.3 Å². The number of aromatic amines is 1. The molecule has 0 radical (unpaired) electrons. The third kappa shape index (κ3) is 3.33. The average Bonchev–Trinajstić information content (AvgIpc) is 3.22. The van der Waals surface area contributed by atoms with Gasteiger partial charge in [0.25, 0.3) is 5.56 Å². The van der Waals surface area contributed by atoms with Crippen LogP contribution in [0.25, 0.3) is 0 Å². The predicted molar refractivity (Wildman–Crippen MR) is 84.9 cm³/mol. The predicted octanol–water partition coefficient (Wildman–Crippen LogP) is 0.930. The van der Waals surface area contributed by atoms with Crippen LogP contribution in [0.15, 0.2) is 17.2 Å². The number of amides is 1. The highest BCUT2D eigenvalue weighted by Crippen LogP contribution is 2.40. The number of aryl methyl sites for hydroxylation is 3. The number of nitrogens with one attached hydrogen (secondary N) is 2. The van der Waals surface area contributed by atoms with Crippen LogP contribution in [0.5, 0.6) is 0 Å².